The quantitative estimate of drug-likeness (QED) is 0.388. The Morgan fingerprint density at radius 1 is 1.13 bits per heavy atom. The van der Waals surface area contributed by atoms with E-state index in [1.54, 1.807) is 11.9 Å². The van der Waals surface area contributed by atoms with Crippen LogP contribution < -0.4 is 5.32 Å². The van der Waals surface area contributed by atoms with Crippen molar-refractivity contribution in [2.75, 3.05) is 27.2 Å². The molecule has 38 heavy (non-hydrogen) atoms. The van der Waals surface area contributed by atoms with Gasteiger partial charge in [-0.15, -0.1) is 0 Å². The van der Waals surface area contributed by atoms with Crippen molar-refractivity contribution in [3.63, 3.8) is 0 Å². The van der Waals surface area contributed by atoms with Crippen molar-refractivity contribution >= 4 is 27.9 Å². The molecule has 3 N–H and O–H groups in total. The fourth-order valence-electron chi connectivity index (χ4n) is 3.82. The first kappa shape index (κ1) is 33.1. The third-order valence-electron chi connectivity index (χ3n) is 5.85. The zero-order valence-electron chi connectivity index (χ0n) is 21.6. The fourth-order valence-corrected chi connectivity index (χ4v) is 5.28. The van der Waals surface area contributed by atoms with Crippen molar-refractivity contribution in [2.24, 2.45) is 5.92 Å². The zero-order chi connectivity index (χ0) is 29.3. The van der Waals surface area contributed by atoms with Gasteiger partial charge in [0.15, 0.2) is 0 Å². The van der Waals surface area contributed by atoms with E-state index in [9.17, 15) is 36.0 Å². The smallest absolute Gasteiger partial charge is 0.416 e. The van der Waals surface area contributed by atoms with E-state index in [4.69, 9.17) is 10.2 Å². The van der Waals surface area contributed by atoms with E-state index in [1.807, 2.05) is 13.8 Å². The van der Waals surface area contributed by atoms with Crippen molar-refractivity contribution in [3.8, 4) is 0 Å². The molecule has 1 aromatic rings. The second-order valence-electron chi connectivity index (χ2n) is 9.08. The molecular weight excluding hydrogens is 531 g/mol. The molecule has 0 aromatic heterocycles. The van der Waals surface area contributed by atoms with Crippen LogP contribution in [-0.4, -0.2) is 85.0 Å². The number of nitrogens with zero attached hydrogens (tertiary/aromatic N) is 2. The number of rotatable bonds is 9. The minimum atomic E-state index is -4.62. The average molecular weight is 566 g/mol. The van der Waals surface area contributed by atoms with Crippen LogP contribution in [0.15, 0.2) is 41.3 Å². The number of likely N-dealkylation sites (tertiary alicyclic amines) is 1. The van der Waals surface area contributed by atoms with Gasteiger partial charge in [-0.05, 0) is 50.4 Å². The number of carboxylic acid groups (broad SMARTS) is 2. The summed E-state index contributed by atoms with van der Waals surface area (Å²) in [5.41, 5.74) is -0.999. The molecule has 0 spiro atoms. The molecule has 0 unspecified atom stereocenters. The maximum atomic E-state index is 13.0. The van der Waals surface area contributed by atoms with Crippen molar-refractivity contribution in [1.29, 1.82) is 0 Å². The maximum absolute atomic E-state index is 13.0. The summed E-state index contributed by atoms with van der Waals surface area (Å²) < 4.78 is 65.7. The molecule has 0 bridgehead atoms. The standard InChI is InChI=1S/C20H30F3N3O3S.C4H4O4/c1-14(2)12-18(24-3)19(27)26-10-8-16(9-11-26)25(4)30(28,29)17-7-5-6-15(13-17)20(21,22)23;5-3(6)1-2-4(7)8/h5-7,13-14,16,18,24H,8-12H2,1-4H3;1-2H,(H,5,6)(H,7,8)/b;2-1+/t18-;/m0./s1. The summed E-state index contributed by atoms with van der Waals surface area (Å²) in [5, 5.41) is 18.7. The lowest BCUT2D eigenvalue weighted by Gasteiger charge is -2.37. The van der Waals surface area contributed by atoms with Crippen LogP contribution in [0, 0.1) is 5.92 Å². The summed E-state index contributed by atoms with van der Waals surface area (Å²) in [6.45, 7) is 4.89. The molecule has 214 valence electrons. The molecule has 1 aliphatic rings. The Morgan fingerprint density at radius 2 is 1.66 bits per heavy atom. The average Bonchev–Trinajstić information content (AvgIpc) is 2.85. The molecule has 0 radical (unpaired) electrons. The Bertz CT molecular complexity index is 1080. The van der Waals surface area contributed by atoms with Gasteiger partial charge in [0.05, 0.1) is 16.5 Å². The molecule has 2 rings (SSSR count). The van der Waals surface area contributed by atoms with Crippen LogP contribution in [0.3, 0.4) is 0 Å². The molecule has 1 saturated heterocycles. The highest BCUT2D eigenvalue weighted by Crippen LogP contribution is 2.32. The number of aliphatic carboxylic acids is 2. The summed E-state index contributed by atoms with van der Waals surface area (Å²) in [5.74, 6) is -2.17. The number of hydrogen-bond acceptors (Lipinski definition) is 6. The molecule has 14 heteroatoms. The van der Waals surface area contributed by atoms with Crippen LogP contribution in [0.5, 0.6) is 0 Å². The van der Waals surface area contributed by atoms with Crippen molar-refractivity contribution in [2.45, 2.75) is 56.3 Å². The van der Waals surface area contributed by atoms with Gasteiger partial charge < -0.3 is 20.4 Å². The molecule has 1 aromatic carbocycles. The van der Waals surface area contributed by atoms with E-state index in [0.29, 0.717) is 56.5 Å². The zero-order valence-corrected chi connectivity index (χ0v) is 22.4. The number of carbonyl (C=O) groups excluding carboxylic acids is 1. The number of piperidine rings is 1. The van der Waals surface area contributed by atoms with E-state index >= 15 is 0 Å². The van der Waals surface area contributed by atoms with Crippen LogP contribution in [0.2, 0.25) is 0 Å². The number of sulfonamides is 1. The van der Waals surface area contributed by atoms with E-state index in [0.717, 1.165) is 16.4 Å². The summed E-state index contributed by atoms with van der Waals surface area (Å²) in [7, 11) is -0.953. The fraction of sp³-hybridized carbons (Fsp3) is 0.542. The van der Waals surface area contributed by atoms with Crippen LogP contribution in [0.4, 0.5) is 13.2 Å². The van der Waals surface area contributed by atoms with Crippen molar-refractivity contribution < 1.29 is 46.2 Å². The molecule has 1 fully saturated rings. The molecule has 1 amide bonds. The van der Waals surface area contributed by atoms with Gasteiger partial charge in [0.2, 0.25) is 15.9 Å². The van der Waals surface area contributed by atoms with Gasteiger partial charge in [0, 0.05) is 38.3 Å². The predicted octanol–water partition coefficient (Wildman–Crippen LogP) is 2.66. The van der Waals surface area contributed by atoms with Crippen LogP contribution in [-0.2, 0) is 30.6 Å². The van der Waals surface area contributed by atoms with Crippen molar-refractivity contribution in [3.05, 3.63) is 42.0 Å². The van der Waals surface area contributed by atoms with E-state index in [2.05, 4.69) is 5.32 Å². The van der Waals surface area contributed by atoms with Gasteiger partial charge in [0.25, 0.3) is 0 Å². The summed E-state index contributed by atoms with van der Waals surface area (Å²) >= 11 is 0. The lowest BCUT2D eigenvalue weighted by Crippen LogP contribution is -2.52. The molecule has 0 saturated carbocycles. The Hall–Kier alpha value is -2.97. The maximum Gasteiger partial charge on any atom is 0.416 e. The van der Waals surface area contributed by atoms with Gasteiger partial charge in [-0.3, -0.25) is 4.79 Å². The molecule has 1 heterocycles. The molecule has 1 aliphatic heterocycles. The number of benzene rings is 1. The van der Waals surface area contributed by atoms with Crippen LogP contribution >= 0.6 is 0 Å². The molecule has 0 aliphatic carbocycles. The summed E-state index contributed by atoms with van der Waals surface area (Å²) in [6, 6.07) is 3.10. The number of amides is 1. The largest absolute Gasteiger partial charge is 0.478 e. The number of hydrogen-bond donors (Lipinski definition) is 3. The number of carbonyl (C=O) groups is 3. The lowest BCUT2D eigenvalue weighted by molar-refractivity contribution is -0.138. The highest BCUT2D eigenvalue weighted by atomic mass is 32.2. The van der Waals surface area contributed by atoms with Gasteiger partial charge in [-0.2, -0.15) is 17.5 Å². The van der Waals surface area contributed by atoms with Gasteiger partial charge in [-0.1, -0.05) is 19.9 Å². The number of carboxylic acids is 2. The van der Waals surface area contributed by atoms with E-state index in [1.165, 1.54) is 13.1 Å². The van der Waals surface area contributed by atoms with Gasteiger partial charge in [-0.25, -0.2) is 18.0 Å². The van der Waals surface area contributed by atoms with E-state index in [-0.39, 0.29) is 22.9 Å². The van der Waals surface area contributed by atoms with Gasteiger partial charge in [0.1, 0.15) is 0 Å². The molecule has 1 atom stereocenters. The minimum Gasteiger partial charge on any atom is -0.478 e. The number of alkyl halides is 3. The Kier molecular flexibility index (Phi) is 12.4. The van der Waals surface area contributed by atoms with E-state index < -0.39 is 33.7 Å². The highest BCUT2D eigenvalue weighted by Gasteiger charge is 2.36. The third kappa shape index (κ3) is 10.1. The highest BCUT2D eigenvalue weighted by molar-refractivity contribution is 7.89. The Balaban J connectivity index is 0.000000781. The van der Waals surface area contributed by atoms with Crippen molar-refractivity contribution in [1.82, 2.24) is 14.5 Å². The predicted molar refractivity (Wildman–Crippen MR) is 133 cm³/mol. The first-order chi connectivity index (χ1) is 17.5. The SMILES string of the molecule is CN[C@@H](CC(C)C)C(=O)N1CCC(N(C)S(=O)(=O)c2cccc(C(F)(F)F)c2)CC1.O=C(O)/C=C/C(=O)O. The minimum absolute atomic E-state index is 0.00645. The number of halogens is 3. The summed E-state index contributed by atoms with van der Waals surface area (Å²) in [4.78, 5) is 33.2. The topological polar surface area (TPSA) is 144 Å². The first-order valence-electron chi connectivity index (χ1n) is 11.8. The summed E-state index contributed by atoms with van der Waals surface area (Å²) in [6.07, 6.45) is -1.93. The third-order valence-corrected chi connectivity index (χ3v) is 7.76. The molecular formula is C24H34F3N3O7S. The Morgan fingerprint density at radius 3 is 2.08 bits per heavy atom. The van der Waals surface area contributed by atoms with Crippen LogP contribution in [0.1, 0.15) is 38.7 Å². The lowest BCUT2D eigenvalue weighted by atomic mass is 10.00. The Labute approximate surface area is 220 Å². The first-order valence-corrected chi connectivity index (χ1v) is 13.2. The second kappa shape index (κ2) is 14.3. The monoisotopic (exact) mass is 565 g/mol. The molecule has 10 nitrogen and oxygen atoms in total. The van der Waals surface area contributed by atoms with Crippen LogP contribution in [0.25, 0.3) is 0 Å². The number of likely N-dealkylation sites (N-methyl/N-ethyl adjacent to an activating group) is 1. The second-order valence-corrected chi connectivity index (χ2v) is 11.1. The van der Waals surface area contributed by atoms with Gasteiger partial charge >= 0.3 is 18.1 Å². The normalized spacial score (nSPS) is 15.9. The number of nitrogens with one attached hydrogen (secondary N) is 1.